The van der Waals surface area contributed by atoms with E-state index in [1.807, 2.05) is 13.8 Å². The molecule has 2 heterocycles. The highest BCUT2D eigenvalue weighted by Crippen LogP contribution is 2.23. The Morgan fingerprint density at radius 1 is 1.38 bits per heavy atom. The van der Waals surface area contributed by atoms with Crippen molar-refractivity contribution in [2.24, 2.45) is 0 Å². The Morgan fingerprint density at radius 3 is 2.76 bits per heavy atom. The Bertz CT molecular complexity index is 469. The molecule has 0 saturated carbocycles. The number of rotatable bonds is 5. The normalized spacial score (nSPS) is 22.5. The van der Waals surface area contributed by atoms with Crippen LogP contribution in [0.3, 0.4) is 0 Å². The van der Waals surface area contributed by atoms with Gasteiger partial charge in [0, 0.05) is 13.6 Å². The molecule has 0 spiro atoms. The van der Waals surface area contributed by atoms with Crippen molar-refractivity contribution >= 4 is 11.9 Å². The number of hydrogen-bond donors (Lipinski definition) is 1. The van der Waals surface area contributed by atoms with Gasteiger partial charge in [-0.2, -0.15) is 15.0 Å². The van der Waals surface area contributed by atoms with E-state index in [1.54, 1.807) is 7.05 Å². The molecule has 0 bridgehead atoms. The van der Waals surface area contributed by atoms with Crippen molar-refractivity contribution in [1.29, 1.82) is 0 Å². The van der Waals surface area contributed by atoms with Crippen molar-refractivity contribution in [3.63, 3.8) is 0 Å². The molecule has 1 aliphatic heterocycles. The van der Waals surface area contributed by atoms with Crippen LogP contribution in [0.5, 0.6) is 6.01 Å². The largest absolute Gasteiger partial charge is 0.461 e. The monoisotopic (exact) mass is 295 g/mol. The SMILES string of the molecule is CCC1COC(C)CN1c1nc(NC)nc(OC(C)C)n1. The van der Waals surface area contributed by atoms with E-state index >= 15 is 0 Å². The summed E-state index contributed by atoms with van der Waals surface area (Å²) in [7, 11) is 1.79. The second-order valence-corrected chi connectivity index (χ2v) is 5.52. The third kappa shape index (κ3) is 3.93. The number of morpholine rings is 1. The molecule has 1 saturated heterocycles. The zero-order chi connectivity index (χ0) is 15.4. The van der Waals surface area contributed by atoms with Gasteiger partial charge in [-0.05, 0) is 27.2 Å². The summed E-state index contributed by atoms with van der Waals surface area (Å²) in [6.07, 6.45) is 1.17. The van der Waals surface area contributed by atoms with Crippen LogP contribution in [0.25, 0.3) is 0 Å². The molecule has 0 aromatic carbocycles. The van der Waals surface area contributed by atoms with E-state index in [9.17, 15) is 0 Å². The van der Waals surface area contributed by atoms with E-state index in [1.165, 1.54) is 0 Å². The lowest BCUT2D eigenvalue weighted by Gasteiger charge is -2.38. The number of hydrogen-bond acceptors (Lipinski definition) is 7. The highest BCUT2D eigenvalue weighted by Gasteiger charge is 2.28. The first-order chi connectivity index (χ1) is 10.0. The van der Waals surface area contributed by atoms with Gasteiger partial charge < -0.3 is 19.7 Å². The molecule has 21 heavy (non-hydrogen) atoms. The molecular weight excluding hydrogens is 270 g/mol. The number of ether oxygens (including phenoxy) is 2. The van der Waals surface area contributed by atoms with Crippen molar-refractivity contribution < 1.29 is 9.47 Å². The molecule has 0 radical (unpaired) electrons. The smallest absolute Gasteiger partial charge is 0.323 e. The Balaban J connectivity index is 2.31. The lowest BCUT2D eigenvalue weighted by atomic mass is 10.1. The van der Waals surface area contributed by atoms with Crippen LogP contribution in [0.1, 0.15) is 34.1 Å². The maximum absolute atomic E-state index is 5.72. The fraction of sp³-hybridized carbons (Fsp3) is 0.786. The molecule has 7 nitrogen and oxygen atoms in total. The van der Waals surface area contributed by atoms with Gasteiger partial charge in [-0.25, -0.2) is 0 Å². The first-order valence-corrected chi connectivity index (χ1v) is 7.52. The molecule has 1 aromatic heterocycles. The second-order valence-electron chi connectivity index (χ2n) is 5.52. The zero-order valence-electron chi connectivity index (χ0n) is 13.5. The molecule has 0 aliphatic carbocycles. The van der Waals surface area contributed by atoms with Gasteiger partial charge in [0.2, 0.25) is 11.9 Å². The van der Waals surface area contributed by atoms with Crippen LogP contribution in [0.2, 0.25) is 0 Å². The summed E-state index contributed by atoms with van der Waals surface area (Å²) in [6, 6.07) is 0.633. The van der Waals surface area contributed by atoms with Crippen LogP contribution >= 0.6 is 0 Å². The van der Waals surface area contributed by atoms with Crippen LogP contribution in [-0.2, 0) is 4.74 Å². The topological polar surface area (TPSA) is 72.4 Å². The van der Waals surface area contributed by atoms with Crippen LogP contribution in [0, 0.1) is 0 Å². The standard InChI is InChI=1S/C14H25N5O2/c1-6-11-8-20-10(4)7-19(11)13-16-12(15-5)17-14(18-13)21-9(2)3/h9-11H,6-8H2,1-5H3,(H,15,16,17,18). The van der Waals surface area contributed by atoms with E-state index in [4.69, 9.17) is 9.47 Å². The molecule has 7 heteroatoms. The van der Waals surface area contributed by atoms with E-state index in [-0.39, 0.29) is 18.2 Å². The summed E-state index contributed by atoms with van der Waals surface area (Å²) < 4.78 is 11.3. The third-order valence-corrected chi connectivity index (χ3v) is 3.36. The van der Waals surface area contributed by atoms with E-state index in [0.717, 1.165) is 13.0 Å². The van der Waals surface area contributed by atoms with E-state index in [0.29, 0.717) is 24.5 Å². The molecular formula is C14H25N5O2. The lowest BCUT2D eigenvalue weighted by molar-refractivity contribution is 0.0291. The fourth-order valence-corrected chi connectivity index (χ4v) is 2.28. The Labute approximate surface area is 126 Å². The highest BCUT2D eigenvalue weighted by molar-refractivity contribution is 5.39. The predicted molar refractivity (Wildman–Crippen MR) is 82.0 cm³/mol. The Hall–Kier alpha value is -1.63. The third-order valence-electron chi connectivity index (χ3n) is 3.36. The lowest BCUT2D eigenvalue weighted by Crippen LogP contribution is -2.49. The van der Waals surface area contributed by atoms with Crippen molar-refractivity contribution in [1.82, 2.24) is 15.0 Å². The second kappa shape index (κ2) is 6.89. The zero-order valence-corrected chi connectivity index (χ0v) is 13.5. The molecule has 2 rings (SSSR count). The van der Waals surface area contributed by atoms with Crippen molar-refractivity contribution in [2.45, 2.75) is 52.4 Å². The molecule has 0 amide bonds. The van der Waals surface area contributed by atoms with E-state index in [2.05, 4.69) is 39.0 Å². The van der Waals surface area contributed by atoms with Crippen molar-refractivity contribution in [3.8, 4) is 6.01 Å². The molecule has 1 N–H and O–H groups in total. The minimum atomic E-state index is 0.0236. The van der Waals surface area contributed by atoms with E-state index < -0.39 is 0 Å². The van der Waals surface area contributed by atoms with Crippen LogP contribution in [-0.4, -0.2) is 53.4 Å². The van der Waals surface area contributed by atoms with Gasteiger partial charge in [0.1, 0.15) is 0 Å². The quantitative estimate of drug-likeness (QED) is 0.886. The first-order valence-electron chi connectivity index (χ1n) is 7.52. The molecule has 1 aliphatic rings. The number of nitrogens with zero attached hydrogens (tertiary/aromatic N) is 4. The molecule has 118 valence electrons. The number of nitrogens with one attached hydrogen (secondary N) is 1. The first kappa shape index (κ1) is 15.8. The van der Waals surface area contributed by atoms with Crippen molar-refractivity contribution in [2.75, 3.05) is 30.4 Å². The Kier molecular flexibility index (Phi) is 5.17. The summed E-state index contributed by atoms with van der Waals surface area (Å²) in [5.74, 6) is 1.16. The maximum Gasteiger partial charge on any atom is 0.323 e. The summed E-state index contributed by atoms with van der Waals surface area (Å²) in [5.41, 5.74) is 0. The average Bonchev–Trinajstić information content (AvgIpc) is 2.46. The summed E-state index contributed by atoms with van der Waals surface area (Å²) in [6.45, 7) is 9.57. The molecule has 2 atom stereocenters. The van der Waals surface area contributed by atoms with Crippen LogP contribution < -0.4 is 15.0 Å². The molecule has 2 unspecified atom stereocenters. The Morgan fingerprint density at radius 2 is 2.14 bits per heavy atom. The highest BCUT2D eigenvalue weighted by atomic mass is 16.5. The van der Waals surface area contributed by atoms with Crippen LogP contribution in [0.15, 0.2) is 0 Å². The van der Waals surface area contributed by atoms with Gasteiger partial charge in [-0.15, -0.1) is 0 Å². The molecule has 1 aromatic rings. The molecule has 1 fully saturated rings. The summed E-state index contributed by atoms with van der Waals surface area (Å²) in [5, 5.41) is 2.96. The van der Waals surface area contributed by atoms with Crippen LogP contribution in [0.4, 0.5) is 11.9 Å². The van der Waals surface area contributed by atoms with Crippen molar-refractivity contribution in [3.05, 3.63) is 0 Å². The minimum Gasteiger partial charge on any atom is -0.461 e. The van der Waals surface area contributed by atoms with Gasteiger partial charge in [0.25, 0.3) is 0 Å². The van der Waals surface area contributed by atoms with Gasteiger partial charge in [-0.3, -0.25) is 0 Å². The van der Waals surface area contributed by atoms with Gasteiger partial charge in [0.15, 0.2) is 0 Å². The summed E-state index contributed by atoms with van der Waals surface area (Å²) in [4.78, 5) is 15.4. The minimum absolute atomic E-state index is 0.0236. The van der Waals surface area contributed by atoms with Gasteiger partial charge in [0.05, 0.1) is 24.9 Å². The predicted octanol–water partition coefficient (Wildman–Crippen LogP) is 1.70. The fourth-order valence-electron chi connectivity index (χ4n) is 2.28. The van der Waals surface area contributed by atoms with Gasteiger partial charge in [-0.1, -0.05) is 6.92 Å². The number of anilines is 2. The average molecular weight is 295 g/mol. The van der Waals surface area contributed by atoms with Gasteiger partial charge >= 0.3 is 6.01 Å². The maximum atomic E-state index is 5.72. The number of aromatic nitrogens is 3. The summed E-state index contributed by atoms with van der Waals surface area (Å²) >= 11 is 0.